The van der Waals surface area contributed by atoms with Gasteiger partial charge in [-0.05, 0) is 31.5 Å². The smallest absolute Gasteiger partial charge is 0.244 e. The van der Waals surface area contributed by atoms with E-state index in [0.717, 1.165) is 0 Å². The van der Waals surface area contributed by atoms with Crippen LogP contribution < -0.4 is 10.2 Å². The van der Waals surface area contributed by atoms with Gasteiger partial charge in [0.2, 0.25) is 5.91 Å². The lowest BCUT2D eigenvalue weighted by molar-refractivity contribution is -0.124. The van der Waals surface area contributed by atoms with Crippen molar-refractivity contribution >= 4 is 21.5 Å². The molecule has 0 saturated carbocycles. The molecule has 120 valence electrons. The van der Waals surface area contributed by atoms with Crippen molar-refractivity contribution in [3.63, 3.8) is 0 Å². The molecular weight excluding hydrogens is 311 g/mol. The van der Waals surface area contributed by atoms with Crippen LogP contribution in [0.3, 0.4) is 0 Å². The zero-order chi connectivity index (χ0) is 16.3. The Kier molecular flexibility index (Phi) is 4.80. The van der Waals surface area contributed by atoms with Crippen molar-refractivity contribution in [2.75, 3.05) is 18.6 Å². The van der Waals surface area contributed by atoms with Crippen molar-refractivity contribution in [3.8, 4) is 5.75 Å². The van der Waals surface area contributed by atoms with Gasteiger partial charge in [0.25, 0.3) is 0 Å². The van der Waals surface area contributed by atoms with Crippen molar-refractivity contribution in [2.45, 2.75) is 13.3 Å². The van der Waals surface area contributed by atoms with Crippen LogP contribution in [-0.2, 0) is 14.6 Å². The molecule has 1 aromatic rings. The highest BCUT2D eigenvalue weighted by Crippen LogP contribution is 2.19. The summed E-state index contributed by atoms with van der Waals surface area (Å²) in [5, 5.41) is 3.90. The van der Waals surface area contributed by atoms with Gasteiger partial charge in [-0.3, -0.25) is 4.79 Å². The van der Waals surface area contributed by atoms with E-state index in [1.165, 1.54) is 19.2 Å². The second-order valence-electron chi connectivity index (χ2n) is 5.12. The molecule has 0 bridgehead atoms. The lowest BCUT2D eigenvalue weighted by Gasteiger charge is -2.08. The zero-order valence-corrected chi connectivity index (χ0v) is 13.1. The first-order chi connectivity index (χ1) is 10.3. The minimum absolute atomic E-state index is 0.0253. The summed E-state index contributed by atoms with van der Waals surface area (Å²) in [7, 11) is -1.75. The van der Waals surface area contributed by atoms with Gasteiger partial charge in [-0.25, -0.2) is 18.2 Å². The third kappa shape index (κ3) is 3.82. The van der Waals surface area contributed by atoms with Crippen molar-refractivity contribution in [1.29, 1.82) is 0 Å². The van der Waals surface area contributed by atoms with Gasteiger partial charge in [0.1, 0.15) is 0 Å². The summed E-state index contributed by atoms with van der Waals surface area (Å²) in [5.41, 5.74) is 3.25. The van der Waals surface area contributed by atoms with E-state index in [-0.39, 0.29) is 17.3 Å². The van der Waals surface area contributed by atoms with Crippen LogP contribution in [-0.4, -0.2) is 38.7 Å². The van der Waals surface area contributed by atoms with Crippen molar-refractivity contribution in [1.82, 2.24) is 5.43 Å². The molecule has 6 nitrogen and oxygen atoms in total. The number of carbonyl (C=O) groups is 1. The molecule has 22 heavy (non-hydrogen) atoms. The molecule has 1 fully saturated rings. The number of nitrogens with zero attached hydrogens (tertiary/aromatic N) is 1. The van der Waals surface area contributed by atoms with Crippen LogP contribution in [0, 0.1) is 11.7 Å². The van der Waals surface area contributed by atoms with E-state index >= 15 is 0 Å². The minimum Gasteiger partial charge on any atom is -0.494 e. The van der Waals surface area contributed by atoms with Crippen LogP contribution in [0.25, 0.3) is 0 Å². The van der Waals surface area contributed by atoms with E-state index < -0.39 is 27.5 Å². The van der Waals surface area contributed by atoms with E-state index in [1.54, 1.807) is 13.0 Å². The van der Waals surface area contributed by atoms with Crippen LogP contribution in [0.15, 0.2) is 23.3 Å². The first-order valence-electron chi connectivity index (χ1n) is 6.71. The molecule has 0 spiro atoms. The predicted molar refractivity (Wildman–Crippen MR) is 80.1 cm³/mol. The molecule has 1 amide bonds. The fraction of sp³-hybridized carbons (Fsp3) is 0.429. The standard InChI is InChI=1S/C14H17FN2O4S/c1-9(10-3-4-13(21-2)12(15)7-10)16-17-14(18)11-5-6-22(19,20)8-11/h3-4,7,11H,5-6,8H2,1-2H3,(H,17,18)/b16-9-/t11-/m1/s1. The summed E-state index contributed by atoms with van der Waals surface area (Å²) in [6, 6.07) is 4.34. The lowest BCUT2D eigenvalue weighted by Crippen LogP contribution is -2.28. The Hall–Kier alpha value is -1.96. The molecule has 2 rings (SSSR count). The van der Waals surface area contributed by atoms with Gasteiger partial charge >= 0.3 is 0 Å². The summed E-state index contributed by atoms with van der Waals surface area (Å²) < 4.78 is 41.1. The molecule has 1 atom stereocenters. The number of ether oxygens (including phenoxy) is 1. The van der Waals surface area contributed by atoms with Crippen LogP contribution in [0.5, 0.6) is 5.75 Å². The van der Waals surface area contributed by atoms with E-state index in [0.29, 0.717) is 17.7 Å². The average molecular weight is 328 g/mol. The molecule has 8 heteroatoms. The quantitative estimate of drug-likeness (QED) is 0.663. The van der Waals surface area contributed by atoms with Gasteiger partial charge in [0, 0.05) is 5.56 Å². The summed E-state index contributed by atoms with van der Waals surface area (Å²) in [6.45, 7) is 1.62. The highest BCUT2D eigenvalue weighted by Gasteiger charge is 2.32. The van der Waals surface area contributed by atoms with Crippen LogP contribution in [0.1, 0.15) is 18.9 Å². The second-order valence-corrected chi connectivity index (χ2v) is 7.35. The molecule has 1 N–H and O–H groups in total. The first-order valence-corrected chi connectivity index (χ1v) is 8.53. The van der Waals surface area contributed by atoms with Gasteiger partial charge in [0.05, 0.1) is 30.2 Å². The normalized spacial score (nSPS) is 20.7. The number of methoxy groups -OCH3 is 1. The van der Waals surface area contributed by atoms with Gasteiger partial charge < -0.3 is 4.74 Å². The largest absolute Gasteiger partial charge is 0.494 e. The average Bonchev–Trinajstić information content (AvgIpc) is 2.84. The number of hydrazone groups is 1. The lowest BCUT2D eigenvalue weighted by atomic mass is 10.1. The number of halogens is 1. The Balaban J connectivity index is 2.03. The number of hydrogen-bond donors (Lipinski definition) is 1. The Labute approximate surface area is 128 Å². The van der Waals surface area contributed by atoms with Crippen molar-refractivity contribution in [2.24, 2.45) is 11.0 Å². The third-order valence-corrected chi connectivity index (χ3v) is 5.27. The number of carbonyl (C=O) groups excluding carboxylic acids is 1. The molecule has 0 radical (unpaired) electrons. The van der Waals surface area contributed by atoms with E-state index in [4.69, 9.17) is 4.74 Å². The monoisotopic (exact) mass is 328 g/mol. The number of amides is 1. The molecule has 1 saturated heterocycles. The first kappa shape index (κ1) is 16.4. The minimum atomic E-state index is -3.12. The van der Waals surface area contributed by atoms with Gasteiger partial charge in [-0.1, -0.05) is 0 Å². The highest BCUT2D eigenvalue weighted by atomic mass is 32.2. The third-order valence-electron chi connectivity index (χ3n) is 3.51. The molecule has 0 aromatic heterocycles. The molecule has 1 heterocycles. The topological polar surface area (TPSA) is 84.8 Å². The Morgan fingerprint density at radius 2 is 2.18 bits per heavy atom. The fourth-order valence-electron chi connectivity index (χ4n) is 2.19. The van der Waals surface area contributed by atoms with E-state index in [2.05, 4.69) is 10.5 Å². The second kappa shape index (κ2) is 6.43. The van der Waals surface area contributed by atoms with E-state index in [9.17, 15) is 17.6 Å². The maximum absolute atomic E-state index is 13.6. The Morgan fingerprint density at radius 1 is 1.45 bits per heavy atom. The van der Waals surface area contributed by atoms with Gasteiger partial charge in [-0.15, -0.1) is 0 Å². The number of rotatable bonds is 4. The molecule has 0 aliphatic carbocycles. The predicted octanol–water partition coefficient (Wildman–Crippen LogP) is 1.11. The van der Waals surface area contributed by atoms with Crippen LogP contribution in [0.4, 0.5) is 4.39 Å². The van der Waals surface area contributed by atoms with Crippen LogP contribution >= 0.6 is 0 Å². The number of nitrogens with one attached hydrogen (secondary N) is 1. The molecule has 1 aliphatic heterocycles. The molecule has 1 aromatic carbocycles. The highest BCUT2D eigenvalue weighted by molar-refractivity contribution is 7.91. The number of benzene rings is 1. The molecular formula is C14H17FN2O4S. The Bertz CT molecular complexity index is 716. The fourth-order valence-corrected chi connectivity index (χ4v) is 3.93. The maximum Gasteiger partial charge on any atom is 0.244 e. The summed E-state index contributed by atoms with van der Waals surface area (Å²) in [6.07, 6.45) is 0.305. The van der Waals surface area contributed by atoms with Crippen molar-refractivity contribution < 1.29 is 22.3 Å². The number of hydrogen-bond acceptors (Lipinski definition) is 5. The van der Waals surface area contributed by atoms with E-state index in [1.807, 2.05) is 0 Å². The summed E-state index contributed by atoms with van der Waals surface area (Å²) in [4.78, 5) is 11.9. The molecule has 0 unspecified atom stereocenters. The van der Waals surface area contributed by atoms with Gasteiger partial charge in [0.15, 0.2) is 21.4 Å². The zero-order valence-electron chi connectivity index (χ0n) is 12.3. The summed E-state index contributed by atoms with van der Waals surface area (Å²) >= 11 is 0. The number of sulfone groups is 1. The van der Waals surface area contributed by atoms with Crippen molar-refractivity contribution in [3.05, 3.63) is 29.6 Å². The van der Waals surface area contributed by atoms with Gasteiger partial charge in [-0.2, -0.15) is 5.10 Å². The maximum atomic E-state index is 13.6. The Morgan fingerprint density at radius 3 is 2.73 bits per heavy atom. The SMILES string of the molecule is COc1ccc(/C(C)=N\NC(=O)[C@@H]2CCS(=O)(=O)C2)cc1F. The molecule has 1 aliphatic rings. The summed E-state index contributed by atoms with van der Waals surface area (Å²) in [5.74, 6) is -1.54. The van der Waals surface area contributed by atoms with Crippen LogP contribution in [0.2, 0.25) is 0 Å².